The van der Waals surface area contributed by atoms with Crippen molar-refractivity contribution in [3.8, 4) is 0 Å². The summed E-state index contributed by atoms with van der Waals surface area (Å²) in [5.74, 6) is 1.05. The van der Waals surface area contributed by atoms with Gasteiger partial charge in [0.15, 0.2) is 0 Å². The number of hydrogen-bond donors (Lipinski definition) is 0. The first-order valence-corrected chi connectivity index (χ1v) is 12.0. The van der Waals surface area contributed by atoms with Crippen molar-refractivity contribution in [3.63, 3.8) is 0 Å². The fourth-order valence-corrected chi connectivity index (χ4v) is 8.41. The van der Waals surface area contributed by atoms with Crippen LogP contribution in [-0.2, 0) is 28.6 Å². The average molecular weight is 435 g/mol. The van der Waals surface area contributed by atoms with E-state index in [0.717, 1.165) is 51.4 Å². The molecule has 4 saturated carbocycles. The van der Waals surface area contributed by atoms with Gasteiger partial charge in [0, 0.05) is 19.3 Å². The summed E-state index contributed by atoms with van der Waals surface area (Å²) in [5, 5.41) is 0. The summed E-state index contributed by atoms with van der Waals surface area (Å²) in [6.07, 6.45) is 7.54. The van der Waals surface area contributed by atoms with Crippen LogP contribution in [0.3, 0.4) is 0 Å². The number of ether oxygens (including phenoxy) is 3. The van der Waals surface area contributed by atoms with E-state index < -0.39 is 0 Å². The molecule has 0 heterocycles. The highest BCUT2D eigenvalue weighted by atomic mass is 16.5. The summed E-state index contributed by atoms with van der Waals surface area (Å²) >= 11 is 0. The van der Waals surface area contributed by atoms with Gasteiger partial charge in [-0.05, 0) is 80.5 Å². The van der Waals surface area contributed by atoms with Crippen LogP contribution in [0.4, 0.5) is 0 Å². The van der Waals surface area contributed by atoms with Crippen molar-refractivity contribution in [2.75, 3.05) is 7.11 Å². The van der Waals surface area contributed by atoms with E-state index in [1.165, 1.54) is 21.0 Å². The topological polar surface area (TPSA) is 78.9 Å². The first-order valence-electron chi connectivity index (χ1n) is 12.0. The molecule has 0 aromatic heterocycles. The molecule has 4 fully saturated rings. The molecule has 4 aliphatic rings. The molecule has 0 aliphatic heterocycles. The van der Waals surface area contributed by atoms with Crippen LogP contribution in [0.5, 0.6) is 0 Å². The van der Waals surface area contributed by atoms with Gasteiger partial charge in [-0.3, -0.25) is 14.4 Å². The molecule has 174 valence electrons. The third-order valence-electron chi connectivity index (χ3n) is 9.82. The molecule has 0 radical (unpaired) electrons. The van der Waals surface area contributed by atoms with Crippen molar-refractivity contribution >= 4 is 17.9 Å². The van der Waals surface area contributed by atoms with Crippen molar-refractivity contribution in [1.29, 1.82) is 0 Å². The van der Waals surface area contributed by atoms with Gasteiger partial charge in [-0.1, -0.05) is 13.8 Å². The van der Waals surface area contributed by atoms with E-state index in [-0.39, 0.29) is 46.9 Å². The van der Waals surface area contributed by atoms with Crippen molar-refractivity contribution in [3.05, 3.63) is 0 Å². The molecule has 0 saturated heterocycles. The first kappa shape index (κ1) is 22.6. The standard InChI is InChI=1S/C25H38O6/c1-14(26)30-17-10-11-24(3)16(12-17)6-7-18-19-8-9-20(23(28)29-5)25(19,4)22(13-21(18)24)31-15(2)27/h16-22H,6-13H2,1-5H3/t16-,17-,18+,19+,20-,21+,22+,24+,25+/m1/s1. The molecule has 6 heteroatoms. The monoisotopic (exact) mass is 434 g/mol. The first-order chi connectivity index (χ1) is 14.6. The van der Waals surface area contributed by atoms with Crippen LogP contribution >= 0.6 is 0 Å². The van der Waals surface area contributed by atoms with Crippen LogP contribution in [-0.4, -0.2) is 37.2 Å². The molecule has 4 rings (SSSR count). The summed E-state index contributed by atoms with van der Waals surface area (Å²) in [4.78, 5) is 36.2. The number of fused-ring (bicyclic) bond motifs is 5. The van der Waals surface area contributed by atoms with Gasteiger partial charge in [0.1, 0.15) is 12.2 Å². The minimum atomic E-state index is -0.363. The normalized spacial score (nSPS) is 46.2. The quantitative estimate of drug-likeness (QED) is 0.487. The molecule has 0 bridgehead atoms. The van der Waals surface area contributed by atoms with Crippen LogP contribution in [0.2, 0.25) is 0 Å². The molecule has 0 amide bonds. The Hall–Kier alpha value is -1.59. The average Bonchev–Trinajstić information content (AvgIpc) is 3.06. The number of hydrogen-bond acceptors (Lipinski definition) is 6. The zero-order valence-electron chi connectivity index (χ0n) is 19.6. The molecule has 6 nitrogen and oxygen atoms in total. The third-order valence-corrected chi connectivity index (χ3v) is 9.82. The number of carbonyl (C=O) groups excluding carboxylic acids is 3. The Morgan fingerprint density at radius 2 is 1.55 bits per heavy atom. The van der Waals surface area contributed by atoms with E-state index in [9.17, 15) is 14.4 Å². The van der Waals surface area contributed by atoms with E-state index in [2.05, 4.69) is 13.8 Å². The van der Waals surface area contributed by atoms with Gasteiger partial charge in [0.25, 0.3) is 0 Å². The Morgan fingerprint density at radius 1 is 0.839 bits per heavy atom. The lowest BCUT2D eigenvalue weighted by Crippen LogP contribution is -2.60. The second-order valence-electron chi connectivity index (χ2n) is 11.0. The highest BCUT2D eigenvalue weighted by Crippen LogP contribution is 2.68. The Labute approximate surface area is 185 Å². The molecule has 0 unspecified atom stereocenters. The van der Waals surface area contributed by atoms with Crippen LogP contribution < -0.4 is 0 Å². The molecular weight excluding hydrogens is 396 g/mol. The van der Waals surface area contributed by atoms with Crippen LogP contribution in [0.1, 0.15) is 79.1 Å². The van der Waals surface area contributed by atoms with E-state index >= 15 is 0 Å². The molecule has 9 atom stereocenters. The lowest BCUT2D eigenvalue weighted by molar-refractivity contribution is -0.199. The maximum Gasteiger partial charge on any atom is 0.309 e. The van der Waals surface area contributed by atoms with Gasteiger partial charge in [-0.2, -0.15) is 0 Å². The maximum absolute atomic E-state index is 12.7. The second kappa shape index (κ2) is 8.08. The predicted molar refractivity (Wildman–Crippen MR) is 114 cm³/mol. The molecule has 4 aliphatic carbocycles. The predicted octanol–water partition coefficient (Wildman–Crippen LogP) is 4.29. The molecule has 0 aromatic rings. The SMILES string of the molecule is COC(=O)[C@H]1CC[C@H]2[C@@H]3CC[C@@H]4C[C@H](OC(C)=O)CC[C@]4(C)[C@H]3C[C@H](OC(C)=O)[C@]12C. The van der Waals surface area contributed by atoms with Crippen LogP contribution in [0.25, 0.3) is 0 Å². The van der Waals surface area contributed by atoms with Crippen LogP contribution in [0, 0.1) is 40.4 Å². The van der Waals surface area contributed by atoms with E-state index in [4.69, 9.17) is 14.2 Å². The van der Waals surface area contributed by atoms with E-state index in [0.29, 0.717) is 23.7 Å². The van der Waals surface area contributed by atoms with E-state index in [1.54, 1.807) is 0 Å². The highest BCUT2D eigenvalue weighted by Gasteiger charge is 2.66. The van der Waals surface area contributed by atoms with Gasteiger partial charge in [0.2, 0.25) is 0 Å². The summed E-state index contributed by atoms with van der Waals surface area (Å²) in [5.41, 5.74) is -0.208. The lowest BCUT2D eigenvalue weighted by Gasteiger charge is -2.62. The highest BCUT2D eigenvalue weighted by molar-refractivity contribution is 5.74. The summed E-state index contributed by atoms with van der Waals surface area (Å²) in [6, 6.07) is 0. The minimum absolute atomic E-state index is 0.0282. The zero-order valence-corrected chi connectivity index (χ0v) is 19.6. The van der Waals surface area contributed by atoms with Crippen molar-refractivity contribution in [2.24, 2.45) is 40.4 Å². The summed E-state index contributed by atoms with van der Waals surface area (Å²) < 4.78 is 16.7. The Balaban J connectivity index is 1.64. The van der Waals surface area contributed by atoms with Crippen LogP contribution in [0.15, 0.2) is 0 Å². The Bertz CT molecular complexity index is 748. The molecular formula is C25H38O6. The number of rotatable bonds is 3. The Kier molecular flexibility index (Phi) is 5.89. The van der Waals surface area contributed by atoms with Crippen molar-refractivity contribution < 1.29 is 28.6 Å². The van der Waals surface area contributed by atoms with Gasteiger partial charge >= 0.3 is 17.9 Å². The molecule has 0 aromatic carbocycles. The summed E-state index contributed by atoms with van der Waals surface area (Å²) in [6.45, 7) is 7.55. The minimum Gasteiger partial charge on any atom is -0.469 e. The number of esters is 3. The van der Waals surface area contributed by atoms with Crippen molar-refractivity contribution in [2.45, 2.75) is 91.3 Å². The molecule has 31 heavy (non-hydrogen) atoms. The van der Waals surface area contributed by atoms with Gasteiger partial charge < -0.3 is 14.2 Å². The fraction of sp³-hybridized carbons (Fsp3) is 0.880. The lowest BCUT2D eigenvalue weighted by atomic mass is 9.44. The number of methoxy groups -OCH3 is 1. The molecule has 0 spiro atoms. The fourth-order valence-electron chi connectivity index (χ4n) is 8.41. The van der Waals surface area contributed by atoms with Gasteiger partial charge in [0.05, 0.1) is 13.0 Å². The maximum atomic E-state index is 12.7. The Morgan fingerprint density at radius 3 is 2.19 bits per heavy atom. The van der Waals surface area contributed by atoms with E-state index in [1.807, 2.05) is 0 Å². The number of carbonyl (C=O) groups is 3. The largest absolute Gasteiger partial charge is 0.469 e. The third kappa shape index (κ3) is 3.58. The smallest absolute Gasteiger partial charge is 0.309 e. The zero-order chi connectivity index (χ0) is 22.6. The molecule has 0 N–H and O–H groups in total. The van der Waals surface area contributed by atoms with Gasteiger partial charge in [-0.15, -0.1) is 0 Å². The summed E-state index contributed by atoms with van der Waals surface area (Å²) in [7, 11) is 1.46. The second-order valence-corrected chi connectivity index (χ2v) is 11.0. The van der Waals surface area contributed by atoms with Crippen molar-refractivity contribution in [1.82, 2.24) is 0 Å². The van der Waals surface area contributed by atoms with Gasteiger partial charge in [-0.25, -0.2) is 0 Å².